The second-order valence-electron chi connectivity index (χ2n) is 16.9. The van der Waals surface area contributed by atoms with Crippen LogP contribution in [0.3, 0.4) is 0 Å². The van der Waals surface area contributed by atoms with Crippen LogP contribution in [0.2, 0.25) is 0 Å². The number of aryl methyl sites for hydroxylation is 1. The zero-order valence-electron chi connectivity index (χ0n) is 34.3. The van der Waals surface area contributed by atoms with E-state index in [4.69, 9.17) is 4.74 Å². The lowest BCUT2D eigenvalue weighted by Gasteiger charge is -2.37. The lowest BCUT2D eigenvalue weighted by molar-refractivity contribution is -0.146. The summed E-state index contributed by atoms with van der Waals surface area (Å²) in [5.74, 6) is -5.12. The van der Waals surface area contributed by atoms with Crippen molar-refractivity contribution in [1.29, 1.82) is 0 Å². The fourth-order valence-corrected chi connectivity index (χ4v) is 7.51. The molecule has 0 spiro atoms. The number of amides is 6. The molecule has 0 unspecified atom stereocenters. The number of Topliss-reactive ketones (excluding diaryl/α,β-unsaturated/α-hetero) is 1. The molecule has 2 aliphatic carbocycles. The maximum Gasteiger partial charge on any atom is 0.309 e. The summed E-state index contributed by atoms with van der Waals surface area (Å²) < 4.78 is 6.17. The normalized spacial score (nSPS) is 19.8. The minimum Gasteiger partial charge on any atom is -0.472 e. The zero-order valence-corrected chi connectivity index (χ0v) is 34.3. The number of pyridine rings is 1. The van der Waals surface area contributed by atoms with Gasteiger partial charge in [-0.3, -0.25) is 33.6 Å². The predicted molar refractivity (Wildman–Crippen MR) is 215 cm³/mol. The first-order valence-corrected chi connectivity index (χ1v) is 20.6. The van der Waals surface area contributed by atoms with Crippen LogP contribution in [0.1, 0.15) is 103 Å². The molecule has 15 heteroatoms. The Hall–Kier alpha value is -5.34. The van der Waals surface area contributed by atoms with Gasteiger partial charge in [0.05, 0.1) is 12.6 Å². The summed E-state index contributed by atoms with van der Waals surface area (Å²) in [5.41, 5.74) is 0.838. The predicted octanol–water partition coefficient (Wildman–Crippen LogP) is 2.78. The van der Waals surface area contributed by atoms with E-state index in [1.807, 2.05) is 50.2 Å². The second-order valence-corrected chi connectivity index (χ2v) is 16.9. The number of hydrogen-bond donors (Lipinski definition) is 5. The Morgan fingerprint density at radius 1 is 0.862 bits per heavy atom. The summed E-state index contributed by atoms with van der Waals surface area (Å²) in [5, 5.41) is 13.7. The molecule has 3 aliphatic rings. The number of carbonyl (C=O) groups excluding carboxylic acids is 7. The molecule has 3 fully saturated rings. The Labute approximate surface area is 340 Å². The molecule has 15 nitrogen and oxygen atoms in total. The smallest absolute Gasteiger partial charge is 0.309 e. The molecule has 1 aromatic carbocycles. The van der Waals surface area contributed by atoms with E-state index < -0.39 is 76.9 Å². The highest BCUT2D eigenvalue weighted by atomic mass is 16.5. The highest BCUT2D eigenvalue weighted by molar-refractivity contribution is 6.38. The third kappa shape index (κ3) is 12.1. The quantitative estimate of drug-likeness (QED) is 0.158. The van der Waals surface area contributed by atoms with Crippen LogP contribution in [0.15, 0.2) is 48.7 Å². The molecule has 5 N–H and O–H groups in total. The van der Waals surface area contributed by atoms with Crippen LogP contribution in [0, 0.1) is 18.3 Å². The number of nitrogens with zero attached hydrogens (tertiary/aromatic N) is 2. The molecule has 1 saturated heterocycles. The van der Waals surface area contributed by atoms with Gasteiger partial charge in [0.15, 0.2) is 0 Å². The third-order valence-corrected chi connectivity index (χ3v) is 11.0. The minimum absolute atomic E-state index is 0.0339. The van der Waals surface area contributed by atoms with Crippen LogP contribution in [-0.4, -0.2) is 94.0 Å². The van der Waals surface area contributed by atoms with Crippen LogP contribution in [0.25, 0.3) is 0 Å². The van der Waals surface area contributed by atoms with Gasteiger partial charge in [0.1, 0.15) is 24.2 Å². The molecule has 1 aliphatic heterocycles. The lowest BCUT2D eigenvalue weighted by Crippen LogP contribution is -2.62. The molecule has 1 aromatic heterocycles. The van der Waals surface area contributed by atoms with Gasteiger partial charge in [0.25, 0.3) is 5.91 Å². The van der Waals surface area contributed by atoms with E-state index in [0.29, 0.717) is 25.1 Å². The van der Waals surface area contributed by atoms with Crippen molar-refractivity contribution in [3.05, 3.63) is 59.8 Å². The van der Waals surface area contributed by atoms with Crippen LogP contribution in [0.4, 0.5) is 0 Å². The van der Waals surface area contributed by atoms with Crippen molar-refractivity contribution >= 4 is 41.2 Å². The number of hydrogen-bond acceptors (Lipinski definition) is 9. The standard InChI is InChI=1S/C43H59N7O8/c1-6-13-31(35(51)39(54)46-29-19-20-29)47-37(52)32-22-30(58-33-21-18-26(2)23-44-33)25-50(32)42(57)36(43(3,4)5)49-38(53)34(28-16-11-8-12-17-28)48-41(56)40(55)45-24-27-14-9-7-10-15-27/h7,9-10,14-15,18,21,23,28-32,34,36H,6,8,11-13,16-17,19-20,22,24-25H2,1-5H3,(H,45,55)(H,46,54)(H,47,52)(H,48,56)(H,49,53)/t30-,31+,32+,34+,36-/m1/s1. The molecular formula is C43H59N7O8. The zero-order chi connectivity index (χ0) is 42.0. The van der Waals surface area contributed by atoms with Crippen molar-refractivity contribution in [3.8, 4) is 5.88 Å². The van der Waals surface area contributed by atoms with E-state index in [0.717, 1.165) is 43.2 Å². The van der Waals surface area contributed by atoms with Crippen molar-refractivity contribution in [1.82, 2.24) is 36.5 Å². The molecule has 6 amide bonds. The second kappa shape index (κ2) is 19.9. The number of ether oxygens (including phenoxy) is 1. The summed E-state index contributed by atoms with van der Waals surface area (Å²) in [6.45, 7) is 9.17. The number of nitrogens with one attached hydrogen (secondary N) is 5. The molecule has 0 bridgehead atoms. The van der Waals surface area contributed by atoms with Crippen LogP contribution < -0.4 is 31.3 Å². The van der Waals surface area contributed by atoms with Gasteiger partial charge in [-0.15, -0.1) is 0 Å². The van der Waals surface area contributed by atoms with Crippen LogP contribution >= 0.6 is 0 Å². The molecule has 2 saturated carbocycles. The maximum absolute atomic E-state index is 14.8. The number of likely N-dealkylation sites (tertiary alicyclic amines) is 1. The molecular weight excluding hydrogens is 743 g/mol. The van der Waals surface area contributed by atoms with E-state index in [-0.39, 0.29) is 37.9 Å². The number of rotatable bonds is 16. The van der Waals surface area contributed by atoms with Gasteiger partial charge in [0.2, 0.25) is 29.4 Å². The Morgan fingerprint density at radius 2 is 1.57 bits per heavy atom. The van der Waals surface area contributed by atoms with E-state index in [2.05, 4.69) is 31.6 Å². The van der Waals surface area contributed by atoms with Crippen molar-refractivity contribution < 1.29 is 38.3 Å². The SMILES string of the molecule is CCC[C@H](NC(=O)[C@@H]1C[C@@H](Oc2ccc(C)cn2)CN1C(=O)[C@@H](NC(=O)[C@@H](NC(=O)C(=O)NCc1ccccc1)C1CCCCC1)C(C)(C)C)C(=O)C(=O)NC1CC1. The lowest BCUT2D eigenvalue weighted by atomic mass is 9.82. The monoisotopic (exact) mass is 801 g/mol. The van der Waals surface area contributed by atoms with Crippen molar-refractivity contribution in [2.45, 2.75) is 142 Å². The largest absolute Gasteiger partial charge is 0.472 e. The van der Waals surface area contributed by atoms with Gasteiger partial charge in [-0.1, -0.05) is 89.8 Å². The van der Waals surface area contributed by atoms with Crippen LogP contribution in [-0.2, 0) is 40.1 Å². The molecule has 5 rings (SSSR count). The molecule has 2 aromatic rings. The van der Waals surface area contributed by atoms with Gasteiger partial charge in [-0.25, -0.2) is 4.98 Å². The van der Waals surface area contributed by atoms with Gasteiger partial charge in [-0.05, 0) is 61.5 Å². The van der Waals surface area contributed by atoms with Gasteiger partial charge < -0.3 is 36.2 Å². The Morgan fingerprint density at radius 3 is 2.19 bits per heavy atom. The average Bonchev–Trinajstić information content (AvgIpc) is 3.93. The molecule has 5 atom stereocenters. The molecule has 0 radical (unpaired) electrons. The number of benzene rings is 1. The minimum atomic E-state index is -1.18. The van der Waals surface area contributed by atoms with Crippen molar-refractivity contribution in [3.63, 3.8) is 0 Å². The van der Waals surface area contributed by atoms with E-state index >= 15 is 0 Å². The molecule has 58 heavy (non-hydrogen) atoms. The average molecular weight is 802 g/mol. The first-order chi connectivity index (χ1) is 27.6. The topological polar surface area (TPSA) is 205 Å². The fourth-order valence-electron chi connectivity index (χ4n) is 7.51. The van der Waals surface area contributed by atoms with E-state index in [9.17, 15) is 33.6 Å². The Balaban J connectivity index is 1.36. The first-order valence-electron chi connectivity index (χ1n) is 20.6. The molecule has 314 valence electrons. The Bertz CT molecular complexity index is 1790. The number of carbonyl (C=O) groups is 7. The van der Waals surface area contributed by atoms with Gasteiger partial charge >= 0.3 is 11.8 Å². The molecule has 2 heterocycles. The summed E-state index contributed by atoms with van der Waals surface area (Å²) in [4.78, 5) is 101. The Kier molecular flexibility index (Phi) is 15.0. The van der Waals surface area contributed by atoms with E-state index in [1.165, 1.54) is 4.90 Å². The summed E-state index contributed by atoms with van der Waals surface area (Å²) in [6.07, 6.45) is 7.31. The van der Waals surface area contributed by atoms with Crippen molar-refractivity contribution in [2.24, 2.45) is 11.3 Å². The third-order valence-electron chi connectivity index (χ3n) is 11.0. The van der Waals surface area contributed by atoms with Crippen molar-refractivity contribution in [2.75, 3.05) is 6.54 Å². The summed E-state index contributed by atoms with van der Waals surface area (Å²) in [6, 6.07) is 8.11. The fraction of sp³-hybridized carbons (Fsp3) is 0.581. The van der Waals surface area contributed by atoms with Gasteiger partial charge in [-0.2, -0.15) is 0 Å². The first kappa shape index (κ1) is 43.8. The van der Waals surface area contributed by atoms with E-state index in [1.54, 1.807) is 33.0 Å². The highest BCUT2D eigenvalue weighted by Gasteiger charge is 2.47. The highest BCUT2D eigenvalue weighted by Crippen LogP contribution is 2.30. The summed E-state index contributed by atoms with van der Waals surface area (Å²) in [7, 11) is 0. The summed E-state index contributed by atoms with van der Waals surface area (Å²) >= 11 is 0. The number of aromatic nitrogens is 1. The van der Waals surface area contributed by atoms with Crippen LogP contribution in [0.5, 0.6) is 5.88 Å². The maximum atomic E-state index is 14.8. The number of ketones is 1. The van der Waals surface area contributed by atoms with Gasteiger partial charge in [0, 0.05) is 31.3 Å².